The number of piperidine rings is 1. The van der Waals surface area contributed by atoms with Crippen molar-refractivity contribution < 1.29 is 0 Å². The third-order valence-corrected chi connectivity index (χ3v) is 2.97. The Bertz CT molecular complexity index is 130. The van der Waals surface area contributed by atoms with Crippen LogP contribution in [-0.2, 0) is 0 Å². The summed E-state index contributed by atoms with van der Waals surface area (Å²) >= 11 is 0. The zero-order chi connectivity index (χ0) is 9.68. The normalized spacial score (nSPS) is 21.2. The van der Waals surface area contributed by atoms with Gasteiger partial charge >= 0.3 is 0 Å². The molecule has 1 saturated heterocycles. The molecular formula is C10H23N3. The Kier molecular flexibility index (Phi) is 4.70. The van der Waals surface area contributed by atoms with Crippen LogP contribution in [0.25, 0.3) is 0 Å². The zero-order valence-corrected chi connectivity index (χ0v) is 9.00. The van der Waals surface area contributed by atoms with E-state index in [1.165, 1.54) is 39.0 Å². The number of hydrogen-bond donors (Lipinski definition) is 1. The van der Waals surface area contributed by atoms with Crippen LogP contribution in [0.15, 0.2) is 0 Å². The number of hydrogen-bond acceptors (Lipinski definition) is 3. The summed E-state index contributed by atoms with van der Waals surface area (Å²) in [6.45, 7) is 8.12. The fourth-order valence-electron chi connectivity index (χ4n) is 1.65. The van der Waals surface area contributed by atoms with Crippen LogP contribution < -0.4 is 5.73 Å². The summed E-state index contributed by atoms with van der Waals surface area (Å²) in [5, 5.41) is 0. The molecule has 1 heterocycles. The van der Waals surface area contributed by atoms with Crippen molar-refractivity contribution in [2.24, 2.45) is 5.73 Å². The molecule has 0 bridgehead atoms. The van der Waals surface area contributed by atoms with Gasteiger partial charge in [-0.2, -0.15) is 0 Å². The fourth-order valence-corrected chi connectivity index (χ4v) is 1.65. The molecule has 3 nitrogen and oxygen atoms in total. The molecule has 0 aromatic heterocycles. The van der Waals surface area contributed by atoms with E-state index in [2.05, 4.69) is 23.8 Å². The highest BCUT2D eigenvalue weighted by molar-refractivity contribution is 4.74. The second-order valence-electron chi connectivity index (χ2n) is 4.07. The van der Waals surface area contributed by atoms with Crippen LogP contribution in [0.3, 0.4) is 0 Å². The van der Waals surface area contributed by atoms with Gasteiger partial charge in [-0.15, -0.1) is 0 Å². The molecule has 78 valence electrons. The Morgan fingerprint density at radius 2 is 2.00 bits per heavy atom. The average molecular weight is 185 g/mol. The van der Waals surface area contributed by atoms with Crippen LogP contribution in [0, 0.1) is 0 Å². The van der Waals surface area contributed by atoms with Crippen LogP contribution in [0.4, 0.5) is 0 Å². The van der Waals surface area contributed by atoms with E-state index in [1.807, 2.05) is 0 Å². The first-order chi connectivity index (χ1) is 6.22. The van der Waals surface area contributed by atoms with Crippen LogP contribution in [0.5, 0.6) is 0 Å². The number of likely N-dealkylation sites (tertiary alicyclic amines) is 1. The van der Waals surface area contributed by atoms with Crippen LogP contribution >= 0.6 is 0 Å². The van der Waals surface area contributed by atoms with Crippen LogP contribution in [-0.4, -0.2) is 55.6 Å². The minimum Gasteiger partial charge on any atom is -0.328 e. The maximum absolute atomic E-state index is 5.84. The van der Waals surface area contributed by atoms with Crippen LogP contribution in [0.1, 0.15) is 19.8 Å². The molecule has 1 aliphatic heterocycles. The molecule has 3 heteroatoms. The maximum Gasteiger partial charge on any atom is 0.0109 e. The SMILES string of the molecule is CCN(C)CCN1CCC(N)CC1. The highest BCUT2D eigenvalue weighted by Gasteiger charge is 2.15. The Labute approximate surface area is 81.9 Å². The Balaban J connectivity index is 2.08. The third kappa shape index (κ3) is 4.07. The summed E-state index contributed by atoms with van der Waals surface area (Å²) in [4.78, 5) is 4.88. The van der Waals surface area contributed by atoms with Gasteiger partial charge in [0, 0.05) is 19.1 Å². The molecule has 0 aromatic carbocycles. The van der Waals surface area contributed by atoms with Gasteiger partial charge < -0.3 is 15.5 Å². The average Bonchev–Trinajstić information content (AvgIpc) is 2.16. The van der Waals surface area contributed by atoms with Crippen molar-refractivity contribution in [2.75, 3.05) is 39.8 Å². The van der Waals surface area contributed by atoms with E-state index in [9.17, 15) is 0 Å². The summed E-state index contributed by atoms with van der Waals surface area (Å²) in [5.74, 6) is 0. The standard InChI is InChI=1S/C10H23N3/c1-3-12(2)8-9-13-6-4-10(11)5-7-13/h10H,3-9,11H2,1-2H3. The molecule has 2 N–H and O–H groups in total. The van der Waals surface area contributed by atoms with Crippen LogP contribution in [0.2, 0.25) is 0 Å². The zero-order valence-electron chi connectivity index (χ0n) is 9.00. The monoisotopic (exact) mass is 185 g/mol. The fraction of sp³-hybridized carbons (Fsp3) is 1.00. The molecular weight excluding hydrogens is 162 g/mol. The molecule has 0 aliphatic carbocycles. The molecule has 0 amide bonds. The number of nitrogens with two attached hydrogens (primary N) is 1. The van der Waals surface area contributed by atoms with Gasteiger partial charge in [-0.1, -0.05) is 6.92 Å². The molecule has 0 radical (unpaired) electrons. The van der Waals surface area contributed by atoms with E-state index in [0.717, 1.165) is 6.54 Å². The van der Waals surface area contributed by atoms with E-state index in [4.69, 9.17) is 5.73 Å². The van der Waals surface area contributed by atoms with Crippen molar-refractivity contribution in [3.05, 3.63) is 0 Å². The lowest BCUT2D eigenvalue weighted by atomic mass is 10.1. The van der Waals surface area contributed by atoms with E-state index in [-0.39, 0.29) is 0 Å². The molecule has 0 aromatic rings. The van der Waals surface area contributed by atoms with Gasteiger partial charge in [-0.3, -0.25) is 0 Å². The minimum atomic E-state index is 0.458. The van der Waals surface area contributed by atoms with Gasteiger partial charge in [0.1, 0.15) is 0 Å². The van der Waals surface area contributed by atoms with Crippen molar-refractivity contribution in [2.45, 2.75) is 25.8 Å². The largest absolute Gasteiger partial charge is 0.328 e. The highest BCUT2D eigenvalue weighted by atomic mass is 15.2. The molecule has 1 rings (SSSR count). The molecule has 1 aliphatic rings. The van der Waals surface area contributed by atoms with E-state index in [0.29, 0.717) is 6.04 Å². The highest BCUT2D eigenvalue weighted by Crippen LogP contribution is 2.07. The molecule has 0 saturated carbocycles. The second kappa shape index (κ2) is 5.58. The lowest BCUT2D eigenvalue weighted by Crippen LogP contribution is -2.42. The summed E-state index contributed by atoms with van der Waals surface area (Å²) in [6.07, 6.45) is 2.35. The van der Waals surface area contributed by atoms with Crippen molar-refractivity contribution in [3.63, 3.8) is 0 Å². The Morgan fingerprint density at radius 1 is 1.38 bits per heavy atom. The summed E-state index contributed by atoms with van der Waals surface area (Å²) in [5.41, 5.74) is 5.84. The first kappa shape index (κ1) is 11.0. The quantitative estimate of drug-likeness (QED) is 0.686. The van der Waals surface area contributed by atoms with Crippen molar-refractivity contribution in [3.8, 4) is 0 Å². The van der Waals surface area contributed by atoms with Gasteiger partial charge in [-0.05, 0) is 39.5 Å². The first-order valence-electron chi connectivity index (χ1n) is 5.39. The molecule has 13 heavy (non-hydrogen) atoms. The summed E-state index contributed by atoms with van der Waals surface area (Å²) in [6, 6.07) is 0.458. The minimum absolute atomic E-state index is 0.458. The van der Waals surface area contributed by atoms with Crippen molar-refractivity contribution in [1.29, 1.82) is 0 Å². The summed E-state index contributed by atoms with van der Waals surface area (Å²) < 4.78 is 0. The maximum atomic E-state index is 5.84. The summed E-state index contributed by atoms with van der Waals surface area (Å²) in [7, 11) is 2.18. The third-order valence-electron chi connectivity index (χ3n) is 2.97. The second-order valence-corrected chi connectivity index (χ2v) is 4.07. The lowest BCUT2D eigenvalue weighted by molar-refractivity contribution is 0.188. The number of likely N-dealkylation sites (N-methyl/N-ethyl adjacent to an activating group) is 1. The predicted octanol–water partition coefficient (Wildman–Crippen LogP) is 0.361. The lowest BCUT2D eigenvalue weighted by Gasteiger charge is -2.31. The smallest absolute Gasteiger partial charge is 0.0109 e. The molecule has 0 spiro atoms. The molecule has 1 fully saturated rings. The topological polar surface area (TPSA) is 32.5 Å². The van der Waals surface area contributed by atoms with Crippen molar-refractivity contribution >= 4 is 0 Å². The number of nitrogens with zero attached hydrogens (tertiary/aromatic N) is 2. The predicted molar refractivity (Wildman–Crippen MR) is 56.8 cm³/mol. The van der Waals surface area contributed by atoms with Gasteiger partial charge in [-0.25, -0.2) is 0 Å². The van der Waals surface area contributed by atoms with E-state index >= 15 is 0 Å². The van der Waals surface area contributed by atoms with Crippen molar-refractivity contribution in [1.82, 2.24) is 9.80 Å². The molecule has 0 atom stereocenters. The molecule has 0 unspecified atom stereocenters. The van der Waals surface area contributed by atoms with Gasteiger partial charge in [0.2, 0.25) is 0 Å². The Morgan fingerprint density at radius 3 is 2.54 bits per heavy atom. The first-order valence-corrected chi connectivity index (χ1v) is 5.39. The number of rotatable bonds is 4. The van der Waals surface area contributed by atoms with E-state index < -0.39 is 0 Å². The van der Waals surface area contributed by atoms with Gasteiger partial charge in [0.15, 0.2) is 0 Å². The van der Waals surface area contributed by atoms with Gasteiger partial charge in [0.25, 0.3) is 0 Å². The van der Waals surface area contributed by atoms with E-state index in [1.54, 1.807) is 0 Å². The Hall–Kier alpha value is -0.120. The van der Waals surface area contributed by atoms with Gasteiger partial charge in [0.05, 0.1) is 0 Å².